The molecule has 73 valence electrons. The van der Waals surface area contributed by atoms with Crippen molar-refractivity contribution in [3.05, 3.63) is 22.8 Å². The van der Waals surface area contributed by atoms with Gasteiger partial charge in [-0.2, -0.15) is 5.57 Å². The van der Waals surface area contributed by atoms with Gasteiger partial charge in [0.25, 0.3) is 0 Å². The average Bonchev–Trinajstić information content (AvgIpc) is 2.30. The summed E-state index contributed by atoms with van der Waals surface area (Å²) in [5.74, 6) is 0. The van der Waals surface area contributed by atoms with E-state index < -0.39 is 0 Å². The van der Waals surface area contributed by atoms with Crippen molar-refractivity contribution >= 4 is 0 Å². The van der Waals surface area contributed by atoms with Crippen LogP contribution < -0.4 is 24.8 Å². The Labute approximate surface area is 113 Å². The van der Waals surface area contributed by atoms with Crippen LogP contribution in [0.3, 0.4) is 0 Å². The van der Waals surface area contributed by atoms with E-state index in [0.717, 1.165) is 6.42 Å². The molecule has 3 heteroatoms. The quantitative estimate of drug-likeness (QED) is 0.485. The van der Waals surface area contributed by atoms with Gasteiger partial charge < -0.3 is 24.8 Å². The molecule has 1 aliphatic carbocycles. The van der Waals surface area contributed by atoms with E-state index in [4.69, 9.17) is 0 Å². The minimum Gasteiger partial charge on any atom is -1.00 e. The maximum atomic E-state index is 3.40. The first-order valence-corrected chi connectivity index (χ1v) is 4.08. The molecule has 1 aliphatic rings. The Morgan fingerprint density at radius 3 is 2.00 bits per heavy atom. The summed E-state index contributed by atoms with van der Waals surface area (Å²) in [7, 11) is 0. The molecule has 0 amide bonds. The monoisotopic (exact) mass is 295 g/mol. The first-order valence-electron chi connectivity index (χ1n) is 4.08. The molecule has 0 heterocycles. The maximum absolute atomic E-state index is 3.40. The van der Waals surface area contributed by atoms with Crippen molar-refractivity contribution in [3.8, 4) is 0 Å². The predicted octanol–water partition coefficient (Wildman–Crippen LogP) is -2.74. The molecule has 0 saturated heterocycles. The number of halogens is 2. The van der Waals surface area contributed by atoms with Crippen LogP contribution in [0.25, 0.3) is 0 Å². The van der Waals surface area contributed by atoms with Gasteiger partial charge in [0.15, 0.2) is 0 Å². The molecule has 0 bridgehead atoms. The van der Waals surface area contributed by atoms with Crippen LogP contribution >= 0.6 is 0 Å². The van der Waals surface area contributed by atoms with Crippen molar-refractivity contribution in [2.45, 2.75) is 40.0 Å². The molecule has 0 aromatic rings. The second-order valence-corrected chi connectivity index (χ2v) is 2.87. The normalized spacial score (nSPS) is 13.9. The molecule has 1 radical (unpaired) electrons. The topological polar surface area (TPSA) is 0 Å². The molecular formula is C10H15Cl2Zr. The van der Waals surface area contributed by atoms with Gasteiger partial charge in [0.1, 0.15) is 0 Å². The van der Waals surface area contributed by atoms with Crippen LogP contribution in [0.15, 0.2) is 16.7 Å². The van der Waals surface area contributed by atoms with Gasteiger partial charge in [-0.15, -0.1) is 6.42 Å². The van der Waals surface area contributed by atoms with Gasteiger partial charge in [-0.3, -0.25) is 0 Å². The van der Waals surface area contributed by atoms with E-state index in [1.54, 1.807) is 5.57 Å². The first kappa shape index (κ1) is 19.5. The molecule has 0 N–H and O–H groups in total. The molecule has 0 atom stereocenters. The molecule has 0 nitrogen and oxygen atoms in total. The summed E-state index contributed by atoms with van der Waals surface area (Å²) in [4.78, 5) is 0. The zero-order valence-electron chi connectivity index (χ0n) is 8.38. The van der Waals surface area contributed by atoms with Crippen LogP contribution in [0, 0.1) is 6.08 Å². The van der Waals surface area contributed by atoms with Crippen molar-refractivity contribution < 1.29 is 51.0 Å². The van der Waals surface area contributed by atoms with Gasteiger partial charge in [-0.05, 0) is 0 Å². The Hall–Kier alpha value is 0.943. The average molecular weight is 297 g/mol. The first-order chi connectivity index (χ1) is 4.77. The summed E-state index contributed by atoms with van der Waals surface area (Å²) in [6.45, 7) is 6.60. The molecule has 0 aliphatic heterocycles. The van der Waals surface area contributed by atoms with Crippen molar-refractivity contribution in [1.29, 1.82) is 0 Å². The van der Waals surface area contributed by atoms with Crippen LogP contribution in [-0.4, -0.2) is 0 Å². The summed E-state index contributed by atoms with van der Waals surface area (Å²) in [6.07, 6.45) is 6.94. The summed E-state index contributed by atoms with van der Waals surface area (Å²) >= 11 is 0. The van der Waals surface area contributed by atoms with Gasteiger partial charge >= 0.3 is 26.2 Å². The Bertz CT molecular complexity index is 195. The van der Waals surface area contributed by atoms with E-state index in [-0.39, 0.29) is 51.0 Å². The van der Waals surface area contributed by atoms with Crippen molar-refractivity contribution in [3.63, 3.8) is 0 Å². The molecule has 0 aromatic heterocycles. The second kappa shape index (κ2) is 9.50. The fourth-order valence-electron chi connectivity index (χ4n) is 1.49. The number of rotatable bonds is 2. The number of allylic oxidation sites excluding steroid dienone is 4. The van der Waals surface area contributed by atoms with Gasteiger partial charge in [0, 0.05) is 0 Å². The smallest absolute Gasteiger partial charge is 1.00 e. The molecular weight excluding hydrogens is 282 g/mol. The predicted molar refractivity (Wildman–Crippen MR) is 44.7 cm³/mol. The van der Waals surface area contributed by atoms with E-state index in [2.05, 4.69) is 26.8 Å². The summed E-state index contributed by atoms with van der Waals surface area (Å²) in [5.41, 5.74) is 4.47. The van der Waals surface area contributed by atoms with Crippen LogP contribution in [0.2, 0.25) is 0 Å². The molecule has 0 fully saturated rings. The van der Waals surface area contributed by atoms with Crippen molar-refractivity contribution in [1.82, 2.24) is 0 Å². The van der Waals surface area contributed by atoms with E-state index in [1.165, 1.54) is 24.0 Å². The van der Waals surface area contributed by atoms with Gasteiger partial charge in [-0.1, -0.05) is 33.6 Å². The number of hydrogen-bond donors (Lipinski definition) is 0. The molecule has 0 aromatic carbocycles. The Balaban J connectivity index is -0.000000333. The maximum Gasteiger partial charge on any atom is 3.00 e. The SMILES string of the molecule is CCC1=C(CC)CC(C)=[C-]1.[Cl-].[Cl-].[Zr+3]. The van der Waals surface area contributed by atoms with Crippen LogP contribution in [0.5, 0.6) is 0 Å². The third kappa shape index (κ3) is 5.40. The summed E-state index contributed by atoms with van der Waals surface area (Å²) in [5, 5.41) is 0. The van der Waals surface area contributed by atoms with Crippen molar-refractivity contribution in [2.24, 2.45) is 0 Å². The minimum atomic E-state index is 0. The van der Waals surface area contributed by atoms with Gasteiger partial charge in [-0.25, -0.2) is 17.2 Å². The molecule has 13 heavy (non-hydrogen) atoms. The van der Waals surface area contributed by atoms with Gasteiger partial charge in [0.05, 0.1) is 0 Å². The van der Waals surface area contributed by atoms with E-state index in [9.17, 15) is 0 Å². The van der Waals surface area contributed by atoms with Crippen LogP contribution in [0.1, 0.15) is 40.0 Å². The Morgan fingerprint density at radius 2 is 1.69 bits per heavy atom. The molecule has 0 spiro atoms. The fourth-order valence-corrected chi connectivity index (χ4v) is 1.49. The Kier molecular flexibility index (Phi) is 14.2. The van der Waals surface area contributed by atoms with Crippen LogP contribution in [0.4, 0.5) is 0 Å². The summed E-state index contributed by atoms with van der Waals surface area (Å²) in [6, 6.07) is 0. The third-order valence-electron chi connectivity index (χ3n) is 2.05. The van der Waals surface area contributed by atoms with Gasteiger partial charge in [0.2, 0.25) is 0 Å². The second-order valence-electron chi connectivity index (χ2n) is 2.87. The molecule has 1 rings (SSSR count). The van der Waals surface area contributed by atoms with Crippen LogP contribution in [-0.2, 0) is 26.2 Å². The summed E-state index contributed by atoms with van der Waals surface area (Å²) < 4.78 is 0. The standard InChI is InChI=1S/C10H15.2ClH.Zr/c1-4-9-6-8(3)7-10(9)5-2;;;/h4-6H2,1-3H3;2*1H;/q-1;;;+3/p-2. The van der Waals surface area contributed by atoms with E-state index in [1.807, 2.05) is 0 Å². The Morgan fingerprint density at radius 1 is 1.15 bits per heavy atom. The van der Waals surface area contributed by atoms with E-state index in [0.29, 0.717) is 0 Å². The fraction of sp³-hybridized carbons (Fsp3) is 0.600. The third-order valence-corrected chi connectivity index (χ3v) is 2.05. The zero-order valence-corrected chi connectivity index (χ0v) is 12.3. The largest absolute Gasteiger partial charge is 3.00 e. The number of hydrogen-bond acceptors (Lipinski definition) is 0. The zero-order chi connectivity index (χ0) is 7.56. The minimum absolute atomic E-state index is 0. The van der Waals surface area contributed by atoms with Crippen molar-refractivity contribution in [2.75, 3.05) is 0 Å². The van der Waals surface area contributed by atoms with E-state index >= 15 is 0 Å². The molecule has 0 unspecified atom stereocenters. The molecule has 0 saturated carbocycles.